The Hall–Kier alpha value is -3.21. The number of nitrogens with zero attached hydrogens (tertiary/aromatic N) is 3. The molecule has 0 atom stereocenters. The number of hydrogen-bond acceptors (Lipinski definition) is 6. The van der Waals surface area contributed by atoms with Gasteiger partial charge < -0.3 is 14.0 Å². The van der Waals surface area contributed by atoms with Crippen LogP contribution in [-0.4, -0.2) is 49.5 Å². The molecule has 1 aromatic heterocycles. The predicted molar refractivity (Wildman–Crippen MR) is 137 cm³/mol. The molecule has 0 radical (unpaired) electrons. The lowest BCUT2D eigenvalue weighted by molar-refractivity contribution is 0.0997. The third kappa shape index (κ3) is 5.09. The summed E-state index contributed by atoms with van der Waals surface area (Å²) in [6.07, 6.45) is 3.90. The number of aryl methyl sites for hydroxylation is 1. The summed E-state index contributed by atoms with van der Waals surface area (Å²) >= 11 is 1.40. The Balaban J connectivity index is 1.68. The molecule has 8 nitrogen and oxygen atoms in total. The Morgan fingerprint density at radius 3 is 2.34 bits per heavy atom. The van der Waals surface area contributed by atoms with Crippen LogP contribution in [0.3, 0.4) is 0 Å². The van der Waals surface area contributed by atoms with Gasteiger partial charge in [-0.15, -0.1) is 13.2 Å². The second kappa shape index (κ2) is 10.6. The lowest BCUT2D eigenvalue weighted by Gasteiger charge is -2.19. The van der Waals surface area contributed by atoms with Gasteiger partial charge in [0, 0.05) is 37.3 Å². The first kappa shape index (κ1) is 24.9. The summed E-state index contributed by atoms with van der Waals surface area (Å²) in [7, 11) is -3.74. The van der Waals surface area contributed by atoms with Gasteiger partial charge in [-0.3, -0.25) is 4.79 Å². The van der Waals surface area contributed by atoms with E-state index in [2.05, 4.69) is 25.1 Å². The number of aromatic nitrogens is 1. The average molecular weight is 514 g/mol. The Labute approximate surface area is 208 Å². The second-order valence-corrected chi connectivity index (χ2v) is 10.8. The smallest absolute Gasteiger partial charge is 0.279 e. The molecule has 1 amide bonds. The highest BCUT2D eigenvalue weighted by atomic mass is 32.2. The molecule has 0 unspecified atom stereocenters. The molecular formula is C25H27N3O5S2. The largest absolute Gasteiger partial charge is 0.486 e. The molecular weight excluding hydrogens is 486 g/mol. The maximum absolute atomic E-state index is 13.0. The van der Waals surface area contributed by atoms with E-state index in [1.165, 1.54) is 52.1 Å². The van der Waals surface area contributed by atoms with Gasteiger partial charge in [0.15, 0.2) is 16.3 Å². The summed E-state index contributed by atoms with van der Waals surface area (Å²) in [5, 5.41) is 0. The fourth-order valence-electron chi connectivity index (χ4n) is 3.76. The lowest BCUT2D eigenvalue weighted by Crippen LogP contribution is -2.31. The van der Waals surface area contributed by atoms with Crippen molar-refractivity contribution in [3.8, 4) is 11.5 Å². The molecule has 2 aromatic carbocycles. The van der Waals surface area contributed by atoms with Gasteiger partial charge >= 0.3 is 0 Å². The molecule has 0 spiro atoms. The minimum Gasteiger partial charge on any atom is -0.486 e. The van der Waals surface area contributed by atoms with Crippen molar-refractivity contribution in [2.24, 2.45) is 4.99 Å². The van der Waals surface area contributed by atoms with Crippen LogP contribution >= 0.6 is 11.3 Å². The number of sulfonamides is 1. The van der Waals surface area contributed by atoms with E-state index in [0.717, 1.165) is 16.6 Å². The SMILES string of the molecule is C=CCN(CC=C)S(=O)(=O)c1ccc(C(=O)N=c2sc3cc4c(cc3n2CCC)OCCO4)cc1. The van der Waals surface area contributed by atoms with Crippen molar-refractivity contribution in [3.63, 3.8) is 0 Å². The van der Waals surface area contributed by atoms with Gasteiger partial charge in [0.25, 0.3) is 5.91 Å². The summed E-state index contributed by atoms with van der Waals surface area (Å²) in [6.45, 7) is 11.3. The predicted octanol–water partition coefficient (Wildman–Crippen LogP) is 3.99. The molecule has 10 heteroatoms. The third-order valence-corrected chi connectivity index (χ3v) is 8.28. The summed E-state index contributed by atoms with van der Waals surface area (Å²) in [6, 6.07) is 9.66. The Kier molecular flexibility index (Phi) is 7.54. The van der Waals surface area contributed by atoms with Crippen LogP contribution in [0.2, 0.25) is 0 Å². The van der Waals surface area contributed by atoms with Crippen LogP contribution < -0.4 is 14.3 Å². The van der Waals surface area contributed by atoms with E-state index in [0.29, 0.717) is 41.6 Å². The monoisotopic (exact) mass is 513 g/mol. The third-order valence-electron chi connectivity index (χ3n) is 5.40. The minimum atomic E-state index is -3.74. The Morgan fingerprint density at radius 1 is 1.11 bits per heavy atom. The van der Waals surface area contributed by atoms with E-state index in [4.69, 9.17) is 9.47 Å². The van der Waals surface area contributed by atoms with Crippen molar-refractivity contribution in [2.75, 3.05) is 26.3 Å². The van der Waals surface area contributed by atoms with Crippen LogP contribution in [0, 0.1) is 0 Å². The fraction of sp³-hybridized carbons (Fsp3) is 0.280. The van der Waals surface area contributed by atoms with E-state index < -0.39 is 15.9 Å². The topological polar surface area (TPSA) is 90.2 Å². The number of carbonyl (C=O) groups excluding carboxylic acids is 1. The van der Waals surface area contributed by atoms with Gasteiger partial charge in [-0.1, -0.05) is 30.4 Å². The lowest BCUT2D eigenvalue weighted by atomic mass is 10.2. The zero-order chi connectivity index (χ0) is 25.0. The summed E-state index contributed by atoms with van der Waals surface area (Å²) in [4.78, 5) is 18.0. The molecule has 0 saturated carbocycles. The summed E-state index contributed by atoms with van der Waals surface area (Å²) in [5.41, 5.74) is 1.23. The van der Waals surface area contributed by atoms with Crippen LogP contribution in [0.5, 0.6) is 11.5 Å². The van der Waals surface area contributed by atoms with Gasteiger partial charge in [0.1, 0.15) is 13.2 Å². The van der Waals surface area contributed by atoms with E-state index >= 15 is 0 Å². The van der Waals surface area contributed by atoms with Crippen LogP contribution in [0.15, 0.2) is 71.6 Å². The number of rotatable bonds is 9. The molecule has 35 heavy (non-hydrogen) atoms. The Bertz CT molecular complexity index is 1430. The molecule has 0 fully saturated rings. The zero-order valence-electron chi connectivity index (χ0n) is 19.5. The molecule has 2 heterocycles. The summed E-state index contributed by atoms with van der Waals surface area (Å²) < 4.78 is 41.4. The molecule has 0 aliphatic carbocycles. The van der Waals surface area contributed by atoms with Crippen molar-refractivity contribution >= 4 is 37.5 Å². The van der Waals surface area contributed by atoms with Gasteiger partial charge in [-0.2, -0.15) is 9.30 Å². The van der Waals surface area contributed by atoms with Crippen molar-refractivity contribution in [2.45, 2.75) is 24.8 Å². The quantitative estimate of drug-likeness (QED) is 0.404. The highest BCUT2D eigenvalue weighted by Gasteiger charge is 2.23. The van der Waals surface area contributed by atoms with Crippen LogP contribution in [0.1, 0.15) is 23.7 Å². The Morgan fingerprint density at radius 2 is 1.74 bits per heavy atom. The summed E-state index contributed by atoms with van der Waals surface area (Å²) in [5.74, 6) is 0.921. The van der Waals surface area contributed by atoms with Gasteiger partial charge in [0.05, 0.1) is 15.1 Å². The molecule has 1 aliphatic rings. The number of benzene rings is 2. The maximum Gasteiger partial charge on any atom is 0.279 e. The second-order valence-electron chi connectivity index (χ2n) is 7.84. The number of hydrogen-bond donors (Lipinski definition) is 0. The van der Waals surface area contributed by atoms with Gasteiger partial charge in [-0.05, 0) is 30.7 Å². The van der Waals surface area contributed by atoms with E-state index in [-0.39, 0.29) is 18.0 Å². The van der Waals surface area contributed by atoms with Crippen molar-refractivity contribution in [3.05, 3.63) is 72.1 Å². The first-order chi connectivity index (χ1) is 16.9. The zero-order valence-corrected chi connectivity index (χ0v) is 21.1. The number of fused-ring (bicyclic) bond motifs is 2. The normalized spacial score (nSPS) is 13.8. The van der Waals surface area contributed by atoms with E-state index in [1.54, 1.807) is 0 Å². The molecule has 0 saturated heterocycles. The number of amides is 1. The fourth-order valence-corrected chi connectivity index (χ4v) is 6.21. The highest BCUT2D eigenvalue weighted by Crippen LogP contribution is 2.35. The highest BCUT2D eigenvalue weighted by molar-refractivity contribution is 7.89. The van der Waals surface area contributed by atoms with Gasteiger partial charge in [0.2, 0.25) is 10.0 Å². The number of carbonyl (C=O) groups is 1. The molecule has 0 bridgehead atoms. The van der Waals surface area contributed by atoms with Crippen LogP contribution in [0.4, 0.5) is 0 Å². The number of ether oxygens (including phenoxy) is 2. The average Bonchev–Trinajstić information content (AvgIpc) is 3.18. The van der Waals surface area contributed by atoms with Crippen molar-refractivity contribution in [1.29, 1.82) is 0 Å². The van der Waals surface area contributed by atoms with E-state index in [9.17, 15) is 13.2 Å². The van der Waals surface area contributed by atoms with Crippen molar-refractivity contribution in [1.82, 2.24) is 8.87 Å². The minimum absolute atomic E-state index is 0.0891. The van der Waals surface area contributed by atoms with Crippen LogP contribution in [-0.2, 0) is 16.6 Å². The number of thiazole rings is 1. The molecule has 1 aliphatic heterocycles. The first-order valence-corrected chi connectivity index (χ1v) is 13.5. The van der Waals surface area contributed by atoms with Gasteiger partial charge in [-0.25, -0.2) is 8.42 Å². The first-order valence-electron chi connectivity index (χ1n) is 11.2. The van der Waals surface area contributed by atoms with Crippen molar-refractivity contribution < 1.29 is 22.7 Å². The molecule has 184 valence electrons. The molecule has 3 aromatic rings. The van der Waals surface area contributed by atoms with Crippen LogP contribution in [0.25, 0.3) is 10.2 Å². The molecule has 4 rings (SSSR count). The maximum atomic E-state index is 13.0. The van der Waals surface area contributed by atoms with E-state index in [1.807, 2.05) is 16.7 Å². The molecule has 0 N–H and O–H groups in total. The standard InChI is InChI=1S/C25H27N3O5S2/c1-4-11-27(12-5-2)35(30,31)19-9-7-18(8-10-19)24(29)26-25-28(13-6-3)20-16-21-22(17-23(20)34-25)33-15-14-32-21/h4-5,7-10,16-17H,1-2,6,11-15H2,3H3.